The number of hydrogen-bond donors (Lipinski definition) is 2. The molecule has 0 aliphatic carbocycles. The maximum absolute atomic E-state index is 12.3. The Morgan fingerprint density at radius 3 is 3.05 bits per heavy atom. The van der Waals surface area contributed by atoms with Gasteiger partial charge in [0.1, 0.15) is 0 Å². The Labute approximate surface area is 121 Å². The van der Waals surface area contributed by atoms with Crippen LogP contribution < -0.4 is 5.32 Å². The predicted octanol–water partition coefficient (Wildman–Crippen LogP) is 1.67. The highest BCUT2D eigenvalue weighted by atomic mass is 16.1. The van der Waals surface area contributed by atoms with Gasteiger partial charge < -0.3 is 5.32 Å². The molecule has 3 rings (SSSR count). The van der Waals surface area contributed by atoms with Crippen molar-refractivity contribution in [2.45, 2.75) is 26.4 Å². The summed E-state index contributed by atoms with van der Waals surface area (Å²) >= 11 is 0. The number of aromatic amines is 1. The Kier molecular flexibility index (Phi) is 3.39. The molecule has 0 saturated heterocycles. The van der Waals surface area contributed by atoms with Crippen molar-refractivity contribution < 1.29 is 4.79 Å². The summed E-state index contributed by atoms with van der Waals surface area (Å²) in [6.45, 7) is 4.76. The molecule has 0 aliphatic rings. The summed E-state index contributed by atoms with van der Waals surface area (Å²) in [5, 5.41) is 14.6. The molecular weight excluding hydrogens is 268 g/mol. The second-order valence-electron chi connectivity index (χ2n) is 4.86. The van der Waals surface area contributed by atoms with Gasteiger partial charge in [0.15, 0.2) is 5.65 Å². The third kappa shape index (κ3) is 2.62. The average Bonchev–Trinajstić information content (AvgIpc) is 3.15. The monoisotopic (exact) mass is 284 g/mol. The van der Waals surface area contributed by atoms with E-state index in [1.54, 1.807) is 18.5 Å². The fourth-order valence-corrected chi connectivity index (χ4v) is 2.10. The van der Waals surface area contributed by atoms with Gasteiger partial charge in [-0.3, -0.25) is 14.6 Å². The fourth-order valence-electron chi connectivity index (χ4n) is 2.10. The number of aromatic nitrogens is 5. The SMILES string of the molecule is CCn1cc(C(C)NC(=O)c2cnc3[nH]ncc3c2)cn1. The average molecular weight is 284 g/mol. The zero-order valence-electron chi connectivity index (χ0n) is 11.9. The van der Waals surface area contributed by atoms with Crippen LogP contribution in [0.15, 0.2) is 30.9 Å². The van der Waals surface area contributed by atoms with E-state index in [9.17, 15) is 4.79 Å². The van der Waals surface area contributed by atoms with Crippen LogP contribution in [0.2, 0.25) is 0 Å². The van der Waals surface area contributed by atoms with Gasteiger partial charge in [-0.15, -0.1) is 0 Å². The number of nitrogens with zero attached hydrogens (tertiary/aromatic N) is 4. The molecule has 0 aromatic carbocycles. The Balaban J connectivity index is 1.75. The molecule has 0 fully saturated rings. The summed E-state index contributed by atoms with van der Waals surface area (Å²) in [7, 11) is 0. The molecular formula is C14H16N6O. The molecule has 3 heterocycles. The van der Waals surface area contributed by atoms with Gasteiger partial charge in [-0.25, -0.2) is 4.98 Å². The summed E-state index contributed by atoms with van der Waals surface area (Å²) in [6.07, 6.45) is 6.89. The van der Waals surface area contributed by atoms with Gasteiger partial charge in [0.05, 0.1) is 24.0 Å². The van der Waals surface area contributed by atoms with Gasteiger partial charge in [-0.2, -0.15) is 10.2 Å². The number of fused-ring (bicyclic) bond motifs is 1. The Morgan fingerprint density at radius 1 is 1.43 bits per heavy atom. The molecule has 7 heteroatoms. The molecule has 21 heavy (non-hydrogen) atoms. The second-order valence-corrected chi connectivity index (χ2v) is 4.86. The van der Waals surface area contributed by atoms with Crippen LogP contribution in [-0.2, 0) is 6.54 Å². The van der Waals surface area contributed by atoms with Gasteiger partial charge in [-0.05, 0) is 19.9 Å². The number of carbonyl (C=O) groups is 1. The van der Waals surface area contributed by atoms with Crippen molar-refractivity contribution in [1.82, 2.24) is 30.3 Å². The zero-order chi connectivity index (χ0) is 14.8. The summed E-state index contributed by atoms with van der Waals surface area (Å²) in [6, 6.07) is 1.65. The first-order valence-electron chi connectivity index (χ1n) is 6.79. The molecule has 0 saturated carbocycles. The van der Waals surface area contributed by atoms with E-state index in [1.165, 1.54) is 6.20 Å². The van der Waals surface area contributed by atoms with Crippen LogP contribution >= 0.6 is 0 Å². The van der Waals surface area contributed by atoms with E-state index >= 15 is 0 Å². The number of rotatable bonds is 4. The van der Waals surface area contributed by atoms with E-state index in [4.69, 9.17) is 0 Å². The Bertz CT molecular complexity index is 774. The van der Waals surface area contributed by atoms with E-state index in [0.29, 0.717) is 11.2 Å². The third-order valence-corrected chi connectivity index (χ3v) is 3.38. The fraction of sp³-hybridized carbons (Fsp3) is 0.286. The molecule has 1 unspecified atom stereocenters. The second kappa shape index (κ2) is 5.35. The first-order valence-corrected chi connectivity index (χ1v) is 6.79. The van der Waals surface area contributed by atoms with E-state index in [1.807, 2.05) is 24.7 Å². The Hall–Kier alpha value is -2.70. The van der Waals surface area contributed by atoms with Crippen molar-refractivity contribution >= 4 is 16.9 Å². The van der Waals surface area contributed by atoms with Gasteiger partial charge >= 0.3 is 0 Å². The largest absolute Gasteiger partial charge is 0.345 e. The number of nitrogens with one attached hydrogen (secondary N) is 2. The van der Waals surface area contributed by atoms with Crippen LogP contribution in [0.3, 0.4) is 0 Å². The lowest BCUT2D eigenvalue weighted by Gasteiger charge is -2.11. The summed E-state index contributed by atoms with van der Waals surface area (Å²) < 4.78 is 1.83. The molecule has 2 N–H and O–H groups in total. The van der Waals surface area contributed by atoms with Crippen molar-refractivity contribution in [2.75, 3.05) is 0 Å². The highest BCUT2D eigenvalue weighted by Gasteiger charge is 2.14. The summed E-state index contributed by atoms with van der Waals surface area (Å²) in [5.41, 5.74) is 2.16. The third-order valence-electron chi connectivity index (χ3n) is 3.38. The Morgan fingerprint density at radius 2 is 2.29 bits per heavy atom. The number of carbonyl (C=O) groups excluding carboxylic acids is 1. The van der Waals surface area contributed by atoms with Crippen LogP contribution in [0.5, 0.6) is 0 Å². The van der Waals surface area contributed by atoms with Crippen molar-refractivity contribution in [3.63, 3.8) is 0 Å². The minimum atomic E-state index is -0.164. The van der Waals surface area contributed by atoms with Crippen LogP contribution in [-0.4, -0.2) is 30.9 Å². The number of aryl methyl sites for hydroxylation is 1. The molecule has 0 bridgehead atoms. The van der Waals surface area contributed by atoms with Crippen molar-refractivity contribution in [2.24, 2.45) is 0 Å². The lowest BCUT2D eigenvalue weighted by molar-refractivity contribution is 0.0939. The molecule has 3 aromatic rings. The molecule has 1 amide bonds. The van der Waals surface area contributed by atoms with Crippen LogP contribution in [0.25, 0.3) is 11.0 Å². The van der Waals surface area contributed by atoms with E-state index in [2.05, 4.69) is 25.6 Å². The van der Waals surface area contributed by atoms with E-state index in [-0.39, 0.29) is 11.9 Å². The molecule has 0 radical (unpaired) electrons. The van der Waals surface area contributed by atoms with E-state index in [0.717, 1.165) is 17.5 Å². The van der Waals surface area contributed by atoms with Crippen molar-refractivity contribution in [3.05, 3.63) is 42.0 Å². The predicted molar refractivity (Wildman–Crippen MR) is 77.7 cm³/mol. The lowest BCUT2D eigenvalue weighted by Crippen LogP contribution is -2.26. The minimum Gasteiger partial charge on any atom is -0.345 e. The quantitative estimate of drug-likeness (QED) is 0.762. The maximum Gasteiger partial charge on any atom is 0.253 e. The van der Waals surface area contributed by atoms with Crippen LogP contribution in [0.1, 0.15) is 35.8 Å². The number of H-pyrrole nitrogens is 1. The topological polar surface area (TPSA) is 88.5 Å². The minimum absolute atomic E-state index is 0.113. The number of pyridine rings is 1. The van der Waals surface area contributed by atoms with Crippen molar-refractivity contribution in [1.29, 1.82) is 0 Å². The van der Waals surface area contributed by atoms with Crippen molar-refractivity contribution in [3.8, 4) is 0 Å². The maximum atomic E-state index is 12.3. The van der Waals surface area contributed by atoms with Gasteiger partial charge in [0.2, 0.25) is 0 Å². The molecule has 1 atom stereocenters. The van der Waals surface area contributed by atoms with Crippen LogP contribution in [0, 0.1) is 0 Å². The number of amides is 1. The zero-order valence-corrected chi connectivity index (χ0v) is 11.9. The first kappa shape index (κ1) is 13.3. The molecule has 7 nitrogen and oxygen atoms in total. The normalized spacial score (nSPS) is 12.5. The molecule has 0 spiro atoms. The molecule has 3 aromatic heterocycles. The number of hydrogen-bond acceptors (Lipinski definition) is 4. The lowest BCUT2D eigenvalue weighted by atomic mass is 10.1. The molecule has 0 aliphatic heterocycles. The standard InChI is InChI=1S/C14H16N6O/c1-3-20-8-12(7-17-20)9(2)18-14(21)11-4-10-6-16-19-13(10)15-5-11/h4-9H,3H2,1-2H3,(H,18,21)(H,15,16,19). The van der Waals surface area contributed by atoms with Gasteiger partial charge in [-0.1, -0.05) is 0 Å². The first-order chi connectivity index (χ1) is 10.2. The summed E-state index contributed by atoms with van der Waals surface area (Å²) in [5.74, 6) is -0.164. The smallest absolute Gasteiger partial charge is 0.253 e. The van der Waals surface area contributed by atoms with Crippen LogP contribution in [0.4, 0.5) is 0 Å². The molecule has 108 valence electrons. The highest BCUT2D eigenvalue weighted by molar-refractivity contribution is 5.96. The summed E-state index contributed by atoms with van der Waals surface area (Å²) in [4.78, 5) is 16.4. The highest BCUT2D eigenvalue weighted by Crippen LogP contribution is 2.14. The van der Waals surface area contributed by atoms with Gasteiger partial charge in [0, 0.05) is 29.9 Å². The van der Waals surface area contributed by atoms with E-state index < -0.39 is 0 Å². The van der Waals surface area contributed by atoms with Gasteiger partial charge in [0.25, 0.3) is 5.91 Å².